The summed E-state index contributed by atoms with van der Waals surface area (Å²) in [4.78, 5) is 2.04. The van der Waals surface area contributed by atoms with E-state index in [9.17, 15) is 0 Å². The van der Waals surface area contributed by atoms with Crippen molar-refractivity contribution in [1.82, 2.24) is 4.90 Å². The Kier molecular flexibility index (Phi) is 5.81. The highest BCUT2D eigenvalue weighted by molar-refractivity contribution is 4.78. The van der Waals surface area contributed by atoms with E-state index >= 15 is 0 Å². The molecule has 3 nitrogen and oxygen atoms in total. The fraction of sp³-hybridized carbons (Fsp3) is 0.875. The highest BCUT2D eigenvalue weighted by atomic mass is 16.3. The van der Waals surface area contributed by atoms with Gasteiger partial charge in [0, 0.05) is 19.2 Å². The minimum absolute atomic E-state index is 0.203. The van der Waals surface area contributed by atoms with Crippen LogP contribution in [-0.4, -0.2) is 35.7 Å². The van der Waals surface area contributed by atoms with Crippen molar-refractivity contribution >= 4 is 0 Å². The standard InChI is InChI=1S/C8H16N2O/c1-8(2)10(6-4-9)5-3-7-11/h8,11H,3,5-7H2,1-2H3. The summed E-state index contributed by atoms with van der Waals surface area (Å²) in [5.74, 6) is 0. The van der Waals surface area contributed by atoms with Gasteiger partial charge in [-0.1, -0.05) is 0 Å². The van der Waals surface area contributed by atoms with Crippen molar-refractivity contribution < 1.29 is 5.11 Å². The van der Waals surface area contributed by atoms with E-state index in [1.54, 1.807) is 0 Å². The van der Waals surface area contributed by atoms with E-state index in [1.165, 1.54) is 0 Å². The molecular formula is C8H16N2O. The summed E-state index contributed by atoms with van der Waals surface area (Å²) in [6, 6.07) is 2.49. The van der Waals surface area contributed by atoms with Crippen LogP contribution < -0.4 is 0 Å². The maximum Gasteiger partial charge on any atom is 0.0868 e. The number of hydrogen-bond acceptors (Lipinski definition) is 3. The molecule has 0 aromatic heterocycles. The number of nitriles is 1. The molecule has 0 aromatic carbocycles. The quantitative estimate of drug-likeness (QED) is 0.593. The molecule has 64 valence electrons. The van der Waals surface area contributed by atoms with Gasteiger partial charge in [0.2, 0.25) is 0 Å². The van der Waals surface area contributed by atoms with Gasteiger partial charge in [0.1, 0.15) is 0 Å². The molecule has 1 N–H and O–H groups in total. The van der Waals surface area contributed by atoms with Crippen LogP contribution in [0, 0.1) is 11.3 Å². The lowest BCUT2D eigenvalue weighted by atomic mass is 10.3. The molecular weight excluding hydrogens is 140 g/mol. The molecule has 0 rings (SSSR count). The Bertz CT molecular complexity index is 129. The second kappa shape index (κ2) is 6.14. The molecule has 0 amide bonds. The molecule has 3 heteroatoms. The number of aliphatic hydroxyl groups excluding tert-OH is 1. The lowest BCUT2D eigenvalue weighted by molar-refractivity contribution is 0.209. The minimum atomic E-state index is 0.203. The second-order valence-corrected chi connectivity index (χ2v) is 2.80. The Labute approximate surface area is 68.2 Å². The zero-order chi connectivity index (χ0) is 8.69. The molecule has 0 atom stereocenters. The maximum atomic E-state index is 8.56. The zero-order valence-corrected chi connectivity index (χ0v) is 7.25. The van der Waals surface area contributed by atoms with Gasteiger partial charge in [0.15, 0.2) is 0 Å². The Morgan fingerprint density at radius 2 is 2.18 bits per heavy atom. The predicted molar refractivity (Wildman–Crippen MR) is 44.0 cm³/mol. The minimum Gasteiger partial charge on any atom is -0.396 e. The van der Waals surface area contributed by atoms with Crippen molar-refractivity contribution in [1.29, 1.82) is 5.26 Å². The van der Waals surface area contributed by atoms with Gasteiger partial charge < -0.3 is 5.11 Å². The number of hydrogen-bond donors (Lipinski definition) is 1. The van der Waals surface area contributed by atoms with Crippen molar-refractivity contribution in [3.05, 3.63) is 0 Å². The Morgan fingerprint density at radius 1 is 1.55 bits per heavy atom. The molecule has 0 heterocycles. The smallest absolute Gasteiger partial charge is 0.0868 e. The van der Waals surface area contributed by atoms with Crippen LogP contribution in [0.4, 0.5) is 0 Å². The van der Waals surface area contributed by atoms with Gasteiger partial charge in [-0.2, -0.15) is 5.26 Å². The predicted octanol–water partition coefficient (Wildman–Crippen LogP) is 0.603. The fourth-order valence-corrected chi connectivity index (χ4v) is 0.884. The normalized spacial score (nSPS) is 10.5. The van der Waals surface area contributed by atoms with Gasteiger partial charge in [0.05, 0.1) is 12.6 Å². The zero-order valence-electron chi connectivity index (χ0n) is 7.25. The van der Waals surface area contributed by atoms with Crippen LogP contribution in [0.1, 0.15) is 20.3 Å². The molecule has 0 radical (unpaired) electrons. The van der Waals surface area contributed by atoms with Crippen molar-refractivity contribution in [2.24, 2.45) is 0 Å². The topological polar surface area (TPSA) is 47.3 Å². The third-order valence-electron chi connectivity index (χ3n) is 1.61. The Morgan fingerprint density at radius 3 is 2.55 bits per heavy atom. The van der Waals surface area contributed by atoms with E-state index in [1.807, 2.05) is 4.90 Å². The summed E-state index contributed by atoms with van der Waals surface area (Å²) in [6.07, 6.45) is 0.750. The van der Waals surface area contributed by atoms with Crippen LogP contribution >= 0.6 is 0 Å². The van der Waals surface area contributed by atoms with Crippen LogP contribution in [0.5, 0.6) is 0 Å². The maximum absolute atomic E-state index is 8.56. The van der Waals surface area contributed by atoms with Crippen molar-refractivity contribution in [2.45, 2.75) is 26.3 Å². The molecule has 0 fully saturated rings. The van der Waals surface area contributed by atoms with E-state index in [0.29, 0.717) is 12.6 Å². The SMILES string of the molecule is CC(C)N(CC#N)CCCO. The first kappa shape index (κ1) is 10.4. The third-order valence-corrected chi connectivity index (χ3v) is 1.61. The van der Waals surface area contributed by atoms with Gasteiger partial charge in [-0.15, -0.1) is 0 Å². The van der Waals surface area contributed by atoms with E-state index in [4.69, 9.17) is 10.4 Å². The summed E-state index contributed by atoms with van der Waals surface area (Å²) in [7, 11) is 0. The molecule has 0 bridgehead atoms. The first-order valence-corrected chi connectivity index (χ1v) is 3.94. The van der Waals surface area contributed by atoms with Crippen molar-refractivity contribution in [3.8, 4) is 6.07 Å². The van der Waals surface area contributed by atoms with E-state index in [2.05, 4.69) is 19.9 Å². The Balaban J connectivity index is 3.62. The van der Waals surface area contributed by atoms with Gasteiger partial charge >= 0.3 is 0 Å². The average Bonchev–Trinajstić information content (AvgIpc) is 1.97. The van der Waals surface area contributed by atoms with E-state index < -0.39 is 0 Å². The molecule has 0 saturated carbocycles. The van der Waals surface area contributed by atoms with E-state index in [0.717, 1.165) is 13.0 Å². The van der Waals surface area contributed by atoms with Crippen LogP contribution in [0.25, 0.3) is 0 Å². The number of aliphatic hydroxyl groups is 1. The summed E-state index contributed by atoms with van der Waals surface area (Å²) >= 11 is 0. The van der Waals surface area contributed by atoms with Gasteiger partial charge in [0.25, 0.3) is 0 Å². The monoisotopic (exact) mass is 156 g/mol. The van der Waals surface area contributed by atoms with Gasteiger partial charge in [-0.3, -0.25) is 4.90 Å². The van der Waals surface area contributed by atoms with Crippen molar-refractivity contribution in [3.63, 3.8) is 0 Å². The second-order valence-electron chi connectivity index (χ2n) is 2.80. The molecule has 0 aromatic rings. The van der Waals surface area contributed by atoms with Crippen LogP contribution in [0.15, 0.2) is 0 Å². The summed E-state index contributed by atoms with van der Waals surface area (Å²) < 4.78 is 0. The molecule has 0 aliphatic carbocycles. The highest BCUT2D eigenvalue weighted by Gasteiger charge is 2.06. The molecule has 0 unspecified atom stereocenters. The number of rotatable bonds is 5. The molecule has 0 aliphatic rings. The number of nitrogens with zero attached hydrogens (tertiary/aromatic N) is 2. The lowest BCUT2D eigenvalue weighted by Gasteiger charge is -2.22. The molecule has 0 aliphatic heterocycles. The largest absolute Gasteiger partial charge is 0.396 e. The van der Waals surface area contributed by atoms with Gasteiger partial charge in [-0.05, 0) is 20.3 Å². The lowest BCUT2D eigenvalue weighted by Crippen LogP contribution is -2.32. The summed E-state index contributed by atoms with van der Waals surface area (Å²) in [5, 5.41) is 17.0. The van der Waals surface area contributed by atoms with Crippen molar-refractivity contribution in [2.75, 3.05) is 19.7 Å². The first-order valence-electron chi connectivity index (χ1n) is 3.94. The summed E-state index contributed by atoms with van der Waals surface area (Å²) in [6.45, 7) is 5.57. The molecule has 0 saturated heterocycles. The molecule has 11 heavy (non-hydrogen) atoms. The average molecular weight is 156 g/mol. The third kappa shape index (κ3) is 4.77. The Hall–Kier alpha value is -0.590. The molecule has 0 spiro atoms. The summed E-state index contributed by atoms with van der Waals surface area (Å²) in [5.41, 5.74) is 0. The van der Waals surface area contributed by atoms with Crippen LogP contribution in [-0.2, 0) is 0 Å². The first-order chi connectivity index (χ1) is 5.22. The van der Waals surface area contributed by atoms with Crippen LogP contribution in [0.3, 0.4) is 0 Å². The van der Waals surface area contributed by atoms with Crippen LogP contribution in [0.2, 0.25) is 0 Å². The highest BCUT2D eigenvalue weighted by Crippen LogP contribution is 1.97. The van der Waals surface area contributed by atoms with E-state index in [-0.39, 0.29) is 6.61 Å². The fourth-order valence-electron chi connectivity index (χ4n) is 0.884. The van der Waals surface area contributed by atoms with Gasteiger partial charge in [-0.25, -0.2) is 0 Å².